The fourth-order valence-corrected chi connectivity index (χ4v) is 6.43. The molecule has 0 saturated carbocycles. The SMILES string of the molecule is C#CCn1c2ccc(C)cc2c2cc(-c3ccc4c(c3)c3cc(C)ccc3n4CC(CC)CCCC)ccc21. The van der Waals surface area contributed by atoms with Crippen LogP contribution in [0.15, 0.2) is 72.8 Å². The van der Waals surface area contributed by atoms with Gasteiger partial charge >= 0.3 is 0 Å². The Bertz CT molecular complexity index is 1870. The van der Waals surface area contributed by atoms with Crippen LogP contribution in [0.1, 0.15) is 50.7 Å². The Kier molecular flexibility index (Phi) is 6.69. The first-order valence-corrected chi connectivity index (χ1v) is 14.5. The molecule has 0 aliphatic heterocycles. The van der Waals surface area contributed by atoms with Crippen LogP contribution in [0, 0.1) is 32.1 Å². The van der Waals surface area contributed by atoms with E-state index >= 15 is 0 Å². The number of aromatic nitrogens is 2. The highest BCUT2D eigenvalue weighted by Crippen LogP contribution is 2.37. The Morgan fingerprint density at radius 1 is 0.667 bits per heavy atom. The van der Waals surface area contributed by atoms with E-state index in [1.165, 1.54) is 91.5 Å². The van der Waals surface area contributed by atoms with Crippen molar-refractivity contribution < 1.29 is 0 Å². The van der Waals surface area contributed by atoms with Gasteiger partial charge in [-0.15, -0.1) is 6.42 Å². The van der Waals surface area contributed by atoms with Gasteiger partial charge in [0.1, 0.15) is 0 Å². The van der Waals surface area contributed by atoms with Crippen molar-refractivity contribution in [1.29, 1.82) is 0 Å². The minimum Gasteiger partial charge on any atom is -0.340 e. The maximum atomic E-state index is 5.75. The van der Waals surface area contributed by atoms with Gasteiger partial charge < -0.3 is 9.13 Å². The molecule has 6 aromatic rings. The summed E-state index contributed by atoms with van der Waals surface area (Å²) in [5.74, 6) is 3.55. The maximum absolute atomic E-state index is 5.75. The smallest absolute Gasteiger partial charge is 0.0841 e. The Balaban J connectivity index is 1.52. The molecule has 0 bridgehead atoms. The van der Waals surface area contributed by atoms with Crippen molar-refractivity contribution in [2.45, 2.75) is 66.5 Å². The van der Waals surface area contributed by atoms with Crippen LogP contribution in [-0.2, 0) is 13.1 Å². The summed E-state index contributed by atoms with van der Waals surface area (Å²) in [6.45, 7) is 10.6. The quantitative estimate of drug-likeness (QED) is 0.180. The third kappa shape index (κ3) is 4.41. The number of rotatable bonds is 8. The third-order valence-corrected chi connectivity index (χ3v) is 8.61. The first kappa shape index (κ1) is 25.3. The van der Waals surface area contributed by atoms with Crippen molar-refractivity contribution in [2.24, 2.45) is 5.92 Å². The van der Waals surface area contributed by atoms with Gasteiger partial charge in [-0.2, -0.15) is 0 Å². The van der Waals surface area contributed by atoms with Gasteiger partial charge in [-0.1, -0.05) is 74.4 Å². The lowest BCUT2D eigenvalue weighted by Gasteiger charge is -2.17. The first-order chi connectivity index (χ1) is 19.0. The van der Waals surface area contributed by atoms with E-state index in [0.29, 0.717) is 12.5 Å². The van der Waals surface area contributed by atoms with Crippen molar-refractivity contribution in [3.63, 3.8) is 0 Å². The maximum Gasteiger partial charge on any atom is 0.0841 e. The molecule has 0 amide bonds. The molecule has 1 atom stereocenters. The highest BCUT2D eigenvalue weighted by molar-refractivity contribution is 6.11. The molecule has 1 unspecified atom stereocenters. The molecule has 0 aliphatic rings. The van der Waals surface area contributed by atoms with Crippen molar-refractivity contribution >= 4 is 43.6 Å². The number of benzene rings is 4. The highest BCUT2D eigenvalue weighted by atomic mass is 15.0. The Morgan fingerprint density at radius 2 is 1.15 bits per heavy atom. The lowest BCUT2D eigenvalue weighted by Crippen LogP contribution is -2.10. The molecular formula is C37H38N2. The third-order valence-electron chi connectivity index (χ3n) is 8.61. The fourth-order valence-electron chi connectivity index (χ4n) is 6.43. The molecule has 2 aromatic heterocycles. The second-order valence-electron chi connectivity index (χ2n) is 11.3. The average Bonchev–Trinajstić information content (AvgIpc) is 3.42. The van der Waals surface area contributed by atoms with Crippen molar-refractivity contribution in [2.75, 3.05) is 0 Å². The number of hydrogen-bond acceptors (Lipinski definition) is 0. The van der Waals surface area contributed by atoms with Gasteiger partial charge in [0.15, 0.2) is 0 Å². The molecule has 0 N–H and O–H groups in total. The van der Waals surface area contributed by atoms with E-state index in [9.17, 15) is 0 Å². The van der Waals surface area contributed by atoms with Crippen LogP contribution in [0.2, 0.25) is 0 Å². The lowest BCUT2D eigenvalue weighted by atomic mass is 9.99. The molecule has 0 saturated heterocycles. The summed E-state index contributed by atoms with van der Waals surface area (Å²) in [6.07, 6.45) is 10.8. The summed E-state index contributed by atoms with van der Waals surface area (Å²) < 4.78 is 4.84. The van der Waals surface area contributed by atoms with Crippen LogP contribution in [0.5, 0.6) is 0 Å². The molecule has 0 radical (unpaired) electrons. The fraction of sp³-hybridized carbons (Fsp3) is 0.297. The molecule has 4 aromatic carbocycles. The van der Waals surface area contributed by atoms with E-state index in [1.807, 2.05) is 0 Å². The number of fused-ring (bicyclic) bond motifs is 6. The van der Waals surface area contributed by atoms with Crippen LogP contribution >= 0.6 is 0 Å². The minimum atomic E-state index is 0.574. The standard InChI is InChI=1S/C37H38N2/c1-6-9-10-27(8-3)24-39-36-16-12-26(5)21-31(36)33-23-29(14-18-37(33)39)28-13-17-35-32(22-28)30-20-25(4)11-15-34(30)38(35)19-7-2/h2,11-18,20-23,27H,6,8-10,19,24H2,1,3-5H3. The predicted molar refractivity (Wildman–Crippen MR) is 169 cm³/mol. The molecule has 39 heavy (non-hydrogen) atoms. The van der Waals surface area contributed by atoms with E-state index in [1.54, 1.807) is 0 Å². The zero-order valence-corrected chi connectivity index (χ0v) is 23.7. The summed E-state index contributed by atoms with van der Waals surface area (Å²) in [5.41, 5.74) is 10.2. The van der Waals surface area contributed by atoms with Gasteiger partial charge in [0.05, 0.1) is 12.1 Å². The van der Waals surface area contributed by atoms with Crippen LogP contribution in [-0.4, -0.2) is 9.13 Å². The normalized spacial score (nSPS) is 12.6. The van der Waals surface area contributed by atoms with E-state index in [2.05, 4.69) is 116 Å². The molecule has 0 spiro atoms. The second-order valence-corrected chi connectivity index (χ2v) is 11.3. The zero-order valence-electron chi connectivity index (χ0n) is 23.7. The summed E-state index contributed by atoms with van der Waals surface area (Å²) in [7, 11) is 0. The predicted octanol–water partition coefficient (Wildman–Crippen LogP) is 10.0. The zero-order chi connectivity index (χ0) is 27.1. The Morgan fingerprint density at radius 3 is 1.64 bits per heavy atom. The van der Waals surface area contributed by atoms with Crippen molar-refractivity contribution in [3.8, 4) is 23.5 Å². The van der Waals surface area contributed by atoms with Gasteiger partial charge in [-0.05, 0) is 85.8 Å². The van der Waals surface area contributed by atoms with Crippen LogP contribution in [0.4, 0.5) is 0 Å². The minimum absolute atomic E-state index is 0.574. The van der Waals surface area contributed by atoms with Gasteiger partial charge in [0, 0.05) is 44.6 Å². The molecule has 0 aliphatic carbocycles. The van der Waals surface area contributed by atoms with Crippen LogP contribution < -0.4 is 0 Å². The monoisotopic (exact) mass is 510 g/mol. The van der Waals surface area contributed by atoms with E-state index in [0.717, 1.165) is 6.54 Å². The second kappa shape index (κ2) is 10.3. The van der Waals surface area contributed by atoms with Crippen LogP contribution in [0.25, 0.3) is 54.7 Å². The summed E-state index contributed by atoms with van der Waals surface area (Å²) in [4.78, 5) is 0. The van der Waals surface area contributed by atoms with E-state index < -0.39 is 0 Å². The Labute approximate surface area is 232 Å². The largest absolute Gasteiger partial charge is 0.340 e. The summed E-state index contributed by atoms with van der Waals surface area (Å²) in [6, 6.07) is 27.5. The number of aryl methyl sites for hydroxylation is 2. The van der Waals surface area contributed by atoms with Crippen molar-refractivity contribution in [3.05, 3.63) is 83.9 Å². The molecule has 2 heterocycles. The summed E-state index contributed by atoms with van der Waals surface area (Å²) in [5, 5.41) is 5.25. The van der Waals surface area contributed by atoms with Crippen LogP contribution in [0.3, 0.4) is 0 Å². The average molecular weight is 511 g/mol. The van der Waals surface area contributed by atoms with E-state index in [-0.39, 0.29) is 0 Å². The van der Waals surface area contributed by atoms with E-state index in [4.69, 9.17) is 6.42 Å². The molecular weight excluding hydrogens is 472 g/mol. The highest BCUT2D eigenvalue weighted by Gasteiger charge is 2.17. The van der Waals surface area contributed by atoms with Gasteiger partial charge in [0.25, 0.3) is 0 Å². The molecule has 196 valence electrons. The van der Waals surface area contributed by atoms with Crippen molar-refractivity contribution in [1.82, 2.24) is 9.13 Å². The lowest BCUT2D eigenvalue weighted by molar-refractivity contribution is 0.401. The first-order valence-electron chi connectivity index (χ1n) is 14.5. The summed E-state index contributed by atoms with van der Waals surface area (Å²) >= 11 is 0. The number of terminal acetylenes is 1. The number of hydrogen-bond donors (Lipinski definition) is 0. The van der Waals surface area contributed by atoms with Gasteiger partial charge in [-0.3, -0.25) is 0 Å². The topological polar surface area (TPSA) is 9.86 Å². The molecule has 2 heteroatoms. The number of unbranched alkanes of at least 4 members (excludes halogenated alkanes) is 1. The molecule has 6 rings (SSSR count). The Hall–Kier alpha value is -3.96. The van der Waals surface area contributed by atoms with Gasteiger partial charge in [0.2, 0.25) is 0 Å². The molecule has 2 nitrogen and oxygen atoms in total. The molecule has 0 fully saturated rings. The number of nitrogens with zero attached hydrogens (tertiary/aromatic N) is 2. The van der Waals surface area contributed by atoms with Gasteiger partial charge in [-0.25, -0.2) is 0 Å².